The number of nitrogens with one attached hydrogen (secondary N) is 1. The van der Waals surface area contributed by atoms with Crippen LogP contribution in [-0.2, 0) is 16.6 Å². The van der Waals surface area contributed by atoms with Gasteiger partial charge in [0.2, 0.25) is 0 Å². The van der Waals surface area contributed by atoms with Crippen molar-refractivity contribution >= 4 is 44.6 Å². The van der Waals surface area contributed by atoms with E-state index in [9.17, 15) is 13.2 Å². The number of sulfonamides is 1. The number of hydrogen-bond donors (Lipinski definition) is 1. The van der Waals surface area contributed by atoms with Gasteiger partial charge in [-0.25, -0.2) is 8.42 Å². The number of aryl methyl sites for hydroxylation is 1. The molecule has 3 rings (SSSR count). The topological polar surface area (TPSA) is 66.5 Å². The summed E-state index contributed by atoms with van der Waals surface area (Å²) in [6.07, 6.45) is 0. The second kappa shape index (κ2) is 8.34. The minimum atomic E-state index is -3.76. The normalized spacial score (nSPS) is 11.2. The first-order chi connectivity index (χ1) is 13.3. The average Bonchev–Trinajstić information content (AvgIpc) is 3.16. The SMILES string of the molecule is Cc1ccc(S(=O)(=O)Nc2ccc(Cl)c(C(=O)N(C)Cc3cccs3)c2)cc1. The average molecular weight is 435 g/mol. The summed E-state index contributed by atoms with van der Waals surface area (Å²) in [4.78, 5) is 15.5. The molecule has 8 heteroatoms. The first-order valence-corrected chi connectivity index (χ1v) is 11.2. The van der Waals surface area contributed by atoms with Gasteiger partial charge in [-0.2, -0.15) is 0 Å². The number of hydrogen-bond acceptors (Lipinski definition) is 4. The van der Waals surface area contributed by atoms with Gasteiger partial charge in [0.15, 0.2) is 0 Å². The van der Waals surface area contributed by atoms with Gasteiger partial charge in [-0.15, -0.1) is 11.3 Å². The molecular weight excluding hydrogens is 416 g/mol. The lowest BCUT2D eigenvalue weighted by Crippen LogP contribution is -2.26. The van der Waals surface area contributed by atoms with E-state index in [1.165, 1.54) is 30.3 Å². The maximum absolute atomic E-state index is 12.8. The van der Waals surface area contributed by atoms with E-state index in [-0.39, 0.29) is 27.1 Å². The van der Waals surface area contributed by atoms with E-state index in [1.54, 1.807) is 35.4 Å². The summed E-state index contributed by atoms with van der Waals surface area (Å²) in [7, 11) is -2.08. The molecule has 1 aromatic heterocycles. The first kappa shape index (κ1) is 20.4. The van der Waals surface area contributed by atoms with Crippen molar-refractivity contribution in [1.82, 2.24) is 4.90 Å². The standard InChI is InChI=1S/C20H19ClN2O3S2/c1-14-5-8-17(9-6-14)28(25,26)22-15-7-10-19(21)18(12-15)20(24)23(2)13-16-4-3-11-27-16/h3-12,22H,13H2,1-2H3. The van der Waals surface area contributed by atoms with E-state index in [1.807, 2.05) is 24.4 Å². The molecule has 5 nitrogen and oxygen atoms in total. The molecule has 0 aliphatic rings. The second-order valence-corrected chi connectivity index (χ2v) is 9.48. The van der Waals surface area contributed by atoms with Crippen molar-refractivity contribution in [3.05, 3.63) is 81.0 Å². The van der Waals surface area contributed by atoms with Crippen molar-refractivity contribution < 1.29 is 13.2 Å². The Balaban J connectivity index is 1.82. The third-order valence-corrected chi connectivity index (χ3v) is 6.69. The molecule has 2 aromatic carbocycles. The number of amides is 1. The number of carbonyl (C=O) groups is 1. The number of rotatable bonds is 6. The Bertz CT molecular complexity index is 1080. The molecule has 1 heterocycles. The van der Waals surface area contributed by atoms with Crippen LogP contribution < -0.4 is 4.72 Å². The van der Waals surface area contributed by atoms with Crippen LogP contribution in [0.15, 0.2) is 64.9 Å². The van der Waals surface area contributed by atoms with Crippen molar-refractivity contribution in [2.75, 3.05) is 11.8 Å². The van der Waals surface area contributed by atoms with Crippen LogP contribution in [0.5, 0.6) is 0 Å². The summed E-state index contributed by atoms with van der Waals surface area (Å²) in [5.41, 5.74) is 1.48. The number of benzene rings is 2. The van der Waals surface area contributed by atoms with Crippen LogP contribution >= 0.6 is 22.9 Å². The fourth-order valence-electron chi connectivity index (χ4n) is 2.60. The molecule has 28 heavy (non-hydrogen) atoms. The molecule has 1 amide bonds. The first-order valence-electron chi connectivity index (χ1n) is 8.43. The van der Waals surface area contributed by atoms with Crippen molar-refractivity contribution in [3.8, 4) is 0 Å². The maximum atomic E-state index is 12.8. The van der Waals surface area contributed by atoms with Gasteiger partial charge in [0.1, 0.15) is 0 Å². The third kappa shape index (κ3) is 4.73. The Hall–Kier alpha value is -2.35. The lowest BCUT2D eigenvalue weighted by atomic mass is 10.1. The summed E-state index contributed by atoms with van der Waals surface area (Å²) in [6.45, 7) is 2.33. The van der Waals surface area contributed by atoms with Crippen molar-refractivity contribution in [1.29, 1.82) is 0 Å². The molecule has 0 atom stereocenters. The molecule has 0 aliphatic carbocycles. The predicted molar refractivity (Wildman–Crippen MR) is 114 cm³/mol. The highest BCUT2D eigenvalue weighted by Crippen LogP contribution is 2.25. The highest BCUT2D eigenvalue weighted by atomic mass is 35.5. The molecule has 0 saturated carbocycles. The number of carbonyl (C=O) groups excluding carboxylic acids is 1. The molecule has 3 aromatic rings. The molecule has 146 valence electrons. The van der Waals surface area contributed by atoms with Crippen LogP contribution in [0.2, 0.25) is 5.02 Å². The van der Waals surface area contributed by atoms with Crippen molar-refractivity contribution in [2.24, 2.45) is 0 Å². The summed E-state index contributed by atoms with van der Waals surface area (Å²) in [5.74, 6) is -0.283. The molecule has 0 fully saturated rings. The van der Waals surface area contributed by atoms with Gasteiger partial charge in [0.25, 0.3) is 15.9 Å². The van der Waals surface area contributed by atoms with Crippen LogP contribution in [0, 0.1) is 6.92 Å². The van der Waals surface area contributed by atoms with E-state index in [4.69, 9.17) is 11.6 Å². The summed E-state index contributed by atoms with van der Waals surface area (Å²) < 4.78 is 27.7. The van der Waals surface area contributed by atoms with Crippen LogP contribution in [0.3, 0.4) is 0 Å². The largest absolute Gasteiger partial charge is 0.337 e. The van der Waals surface area contributed by atoms with Gasteiger partial charge in [0.05, 0.1) is 22.0 Å². The molecule has 0 unspecified atom stereocenters. The summed E-state index contributed by atoms with van der Waals surface area (Å²) >= 11 is 7.76. The van der Waals surface area contributed by atoms with Crippen LogP contribution in [0.25, 0.3) is 0 Å². The Morgan fingerprint density at radius 3 is 2.50 bits per heavy atom. The van der Waals surface area contributed by atoms with Crippen molar-refractivity contribution in [3.63, 3.8) is 0 Å². The zero-order valence-electron chi connectivity index (χ0n) is 15.3. The van der Waals surface area contributed by atoms with Gasteiger partial charge in [0, 0.05) is 17.6 Å². The lowest BCUT2D eigenvalue weighted by molar-refractivity contribution is 0.0786. The van der Waals surface area contributed by atoms with E-state index in [0.717, 1.165) is 10.4 Å². The monoisotopic (exact) mass is 434 g/mol. The zero-order valence-corrected chi connectivity index (χ0v) is 17.7. The van der Waals surface area contributed by atoms with Crippen LogP contribution in [0.4, 0.5) is 5.69 Å². The fourth-order valence-corrected chi connectivity index (χ4v) is 4.60. The van der Waals surface area contributed by atoms with E-state index in [2.05, 4.69) is 4.72 Å². The zero-order chi connectivity index (χ0) is 20.3. The molecular formula is C20H19ClN2O3S2. The Morgan fingerprint density at radius 2 is 1.86 bits per heavy atom. The minimum Gasteiger partial charge on any atom is -0.337 e. The Morgan fingerprint density at radius 1 is 1.14 bits per heavy atom. The maximum Gasteiger partial charge on any atom is 0.261 e. The lowest BCUT2D eigenvalue weighted by Gasteiger charge is -2.18. The molecule has 0 radical (unpaired) electrons. The van der Waals surface area contributed by atoms with Crippen LogP contribution in [0.1, 0.15) is 20.8 Å². The second-order valence-electron chi connectivity index (χ2n) is 6.35. The van der Waals surface area contributed by atoms with Crippen LogP contribution in [-0.4, -0.2) is 26.3 Å². The van der Waals surface area contributed by atoms with Gasteiger partial charge in [-0.3, -0.25) is 9.52 Å². The molecule has 1 N–H and O–H groups in total. The van der Waals surface area contributed by atoms with E-state index >= 15 is 0 Å². The van der Waals surface area contributed by atoms with Gasteiger partial charge >= 0.3 is 0 Å². The number of anilines is 1. The van der Waals surface area contributed by atoms with Gasteiger partial charge in [-0.05, 0) is 48.7 Å². The highest BCUT2D eigenvalue weighted by Gasteiger charge is 2.19. The predicted octanol–water partition coefficient (Wildman–Crippen LogP) is 4.78. The summed E-state index contributed by atoms with van der Waals surface area (Å²) in [5, 5.41) is 2.21. The molecule has 0 aliphatic heterocycles. The molecule has 0 spiro atoms. The Labute approximate surface area is 173 Å². The molecule has 0 bridgehead atoms. The van der Waals surface area contributed by atoms with E-state index in [0.29, 0.717) is 6.54 Å². The summed E-state index contributed by atoms with van der Waals surface area (Å²) in [6, 6.07) is 14.9. The van der Waals surface area contributed by atoms with Crippen molar-refractivity contribution in [2.45, 2.75) is 18.4 Å². The quantitative estimate of drug-likeness (QED) is 0.606. The minimum absolute atomic E-state index is 0.149. The number of halogens is 1. The van der Waals surface area contributed by atoms with Gasteiger partial charge < -0.3 is 4.90 Å². The smallest absolute Gasteiger partial charge is 0.261 e. The van der Waals surface area contributed by atoms with Gasteiger partial charge in [-0.1, -0.05) is 35.4 Å². The van der Waals surface area contributed by atoms with E-state index < -0.39 is 10.0 Å². The Kier molecular flexibility index (Phi) is 6.07. The number of nitrogens with zero attached hydrogens (tertiary/aromatic N) is 1. The fraction of sp³-hybridized carbons (Fsp3) is 0.150. The third-order valence-electron chi connectivity index (χ3n) is 4.10. The highest BCUT2D eigenvalue weighted by molar-refractivity contribution is 7.92. The molecule has 0 saturated heterocycles. The number of thiophene rings is 1.